The lowest BCUT2D eigenvalue weighted by atomic mass is 9.97. The van der Waals surface area contributed by atoms with Crippen LogP contribution < -0.4 is 10.4 Å². The standard InChI is InChI=1S/C23H30O4Si/c1-23(2,3)28(19-10-6-4-7-11-19,20-12-8-5-9-13-20)27-16-17-14-18(24)15-21(17)22(25)26/h4-13,17-18,21,24H,14-16H2,1-3H3,(H,25,26)/t17-,18+,21-/m0/s1. The Morgan fingerprint density at radius 2 is 1.50 bits per heavy atom. The second kappa shape index (κ2) is 8.19. The molecule has 0 spiro atoms. The fourth-order valence-electron chi connectivity index (χ4n) is 4.58. The fraction of sp³-hybridized carbons (Fsp3) is 0.435. The maximum atomic E-state index is 11.7. The van der Waals surface area contributed by atoms with Gasteiger partial charge in [0, 0.05) is 6.61 Å². The zero-order valence-electron chi connectivity index (χ0n) is 16.8. The Morgan fingerprint density at radius 1 is 1.00 bits per heavy atom. The van der Waals surface area contributed by atoms with Crippen LogP contribution in [0.1, 0.15) is 33.6 Å². The highest BCUT2D eigenvalue weighted by atomic mass is 28.4. The van der Waals surface area contributed by atoms with Crippen molar-refractivity contribution in [3.8, 4) is 0 Å². The van der Waals surface area contributed by atoms with Gasteiger partial charge in [0.15, 0.2) is 0 Å². The molecule has 2 aromatic carbocycles. The molecule has 3 rings (SSSR count). The number of aliphatic carboxylic acids is 1. The first kappa shape index (κ1) is 20.8. The van der Waals surface area contributed by atoms with Crippen molar-refractivity contribution in [1.82, 2.24) is 0 Å². The molecule has 150 valence electrons. The van der Waals surface area contributed by atoms with Crippen LogP contribution in [0, 0.1) is 11.8 Å². The Kier molecular flexibility index (Phi) is 6.08. The maximum Gasteiger partial charge on any atom is 0.306 e. The van der Waals surface area contributed by atoms with Crippen LogP contribution in [0.2, 0.25) is 5.04 Å². The minimum absolute atomic E-state index is 0.147. The van der Waals surface area contributed by atoms with Crippen molar-refractivity contribution in [2.45, 2.75) is 44.8 Å². The van der Waals surface area contributed by atoms with Crippen LogP contribution in [-0.4, -0.2) is 37.2 Å². The van der Waals surface area contributed by atoms with E-state index in [0.717, 1.165) is 0 Å². The van der Waals surface area contributed by atoms with Crippen molar-refractivity contribution in [3.63, 3.8) is 0 Å². The van der Waals surface area contributed by atoms with Gasteiger partial charge in [0.25, 0.3) is 8.32 Å². The van der Waals surface area contributed by atoms with E-state index < -0.39 is 26.3 Å². The summed E-state index contributed by atoms with van der Waals surface area (Å²) in [5.74, 6) is -1.56. The van der Waals surface area contributed by atoms with Crippen molar-refractivity contribution >= 4 is 24.7 Å². The van der Waals surface area contributed by atoms with Crippen LogP contribution in [0.25, 0.3) is 0 Å². The van der Waals surface area contributed by atoms with Crippen LogP contribution in [0.3, 0.4) is 0 Å². The van der Waals surface area contributed by atoms with Crippen molar-refractivity contribution in [2.75, 3.05) is 6.61 Å². The molecule has 0 aromatic heterocycles. The lowest BCUT2D eigenvalue weighted by Crippen LogP contribution is -2.67. The third-order valence-electron chi connectivity index (χ3n) is 5.92. The Labute approximate surface area is 168 Å². The minimum atomic E-state index is -2.68. The molecular weight excluding hydrogens is 368 g/mol. The van der Waals surface area contributed by atoms with Crippen molar-refractivity contribution in [1.29, 1.82) is 0 Å². The second-order valence-corrected chi connectivity index (χ2v) is 13.1. The molecule has 0 aliphatic heterocycles. The molecule has 2 N–H and O–H groups in total. The summed E-state index contributed by atoms with van der Waals surface area (Å²) in [6.45, 7) is 6.97. The van der Waals surface area contributed by atoms with E-state index in [1.54, 1.807) is 0 Å². The fourth-order valence-corrected chi connectivity index (χ4v) is 9.20. The first-order chi connectivity index (χ1) is 13.3. The number of aliphatic hydroxyl groups is 1. The first-order valence-electron chi connectivity index (χ1n) is 9.91. The Bertz CT molecular complexity index is 746. The van der Waals surface area contributed by atoms with Gasteiger partial charge in [0.2, 0.25) is 0 Å². The first-order valence-corrected chi connectivity index (χ1v) is 11.8. The largest absolute Gasteiger partial charge is 0.481 e. The molecule has 3 atom stereocenters. The molecule has 0 heterocycles. The number of rotatable bonds is 6. The van der Waals surface area contributed by atoms with Gasteiger partial charge in [-0.15, -0.1) is 0 Å². The molecule has 0 radical (unpaired) electrons. The third-order valence-corrected chi connectivity index (χ3v) is 10.9. The van der Waals surface area contributed by atoms with E-state index >= 15 is 0 Å². The average molecular weight is 399 g/mol. The van der Waals surface area contributed by atoms with Gasteiger partial charge in [-0.1, -0.05) is 81.4 Å². The molecule has 1 aliphatic carbocycles. The molecule has 0 unspecified atom stereocenters. The SMILES string of the molecule is CC(C)(C)[Si](OC[C@@H]1C[C@@H](O)C[C@@H]1C(=O)O)(c1ccccc1)c1ccccc1. The zero-order valence-corrected chi connectivity index (χ0v) is 17.8. The minimum Gasteiger partial charge on any atom is -0.481 e. The Hall–Kier alpha value is -1.95. The van der Waals surface area contributed by atoms with Gasteiger partial charge in [0.1, 0.15) is 0 Å². The highest BCUT2D eigenvalue weighted by molar-refractivity contribution is 6.99. The third kappa shape index (κ3) is 3.92. The van der Waals surface area contributed by atoms with E-state index in [9.17, 15) is 15.0 Å². The molecule has 0 amide bonds. The summed E-state index contributed by atoms with van der Waals surface area (Å²) >= 11 is 0. The van der Waals surface area contributed by atoms with E-state index in [4.69, 9.17) is 4.43 Å². The summed E-state index contributed by atoms with van der Waals surface area (Å²) in [6.07, 6.45) is 0.230. The van der Waals surface area contributed by atoms with Gasteiger partial charge < -0.3 is 14.6 Å². The number of benzene rings is 2. The Morgan fingerprint density at radius 3 is 1.93 bits per heavy atom. The summed E-state index contributed by atoms with van der Waals surface area (Å²) in [4.78, 5) is 11.7. The molecule has 0 bridgehead atoms. The van der Waals surface area contributed by atoms with E-state index in [-0.39, 0.29) is 11.0 Å². The summed E-state index contributed by atoms with van der Waals surface area (Å²) in [5, 5.41) is 21.8. The van der Waals surface area contributed by atoms with E-state index in [0.29, 0.717) is 19.4 Å². The number of carboxylic acid groups (broad SMARTS) is 1. The van der Waals surface area contributed by atoms with E-state index in [1.807, 2.05) is 36.4 Å². The predicted octanol–water partition coefficient (Wildman–Crippen LogP) is 3.03. The van der Waals surface area contributed by atoms with Crippen LogP contribution in [-0.2, 0) is 9.22 Å². The highest BCUT2D eigenvalue weighted by Gasteiger charge is 2.51. The van der Waals surface area contributed by atoms with Crippen molar-refractivity contribution in [2.24, 2.45) is 11.8 Å². The summed E-state index contributed by atoms with van der Waals surface area (Å²) in [5.41, 5.74) is 0. The normalized spacial score (nSPS) is 22.9. The number of hydrogen-bond donors (Lipinski definition) is 2. The quantitative estimate of drug-likeness (QED) is 0.734. The lowest BCUT2D eigenvalue weighted by Gasteiger charge is -2.43. The van der Waals surface area contributed by atoms with Gasteiger partial charge in [0.05, 0.1) is 12.0 Å². The molecule has 5 heteroatoms. The summed E-state index contributed by atoms with van der Waals surface area (Å²) in [6, 6.07) is 20.7. The van der Waals surface area contributed by atoms with Gasteiger partial charge in [-0.2, -0.15) is 0 Å². The van der Waals surface area contributed by atoms with Crippen LogP contribution in [0.4, 0.5) is 0 Å². The average Bonchev–Trinajstić information content (AvgIpc) is 3.04. The number of hydrogen-bond acceptors (Lipinski definition) is 3. The summed E-state index contributed by atoms with van der Waals surface area (Å²) in [7, 11) is -2.68. The molecule has 1 saturated carbocycles. The number of carbonyl (C=O) groups is 1. The molecule has 1 aliphatic rings. The molecule has 2 aromatic rings. The summed E-state index contributed by atoms with van der Waals surface area (Å²) < 4.78 is 6.84. The topological polar surface area (TPSA) is 66.8 Å². The monoisotopic (exact) mass is 398 g/mol. The predicted molar refractivity (Wildman–Crippen MR) is 113 cm³/mol. The van der Waals surface area contributed by atoms with Gasteiger partial charge in [-0.3, -0.25) is 4.79 Å². The van der Waals surface area contributed by atoms with E-state index in [1.165, 1.54) is 10.4 Å². The Balaban J connectivity index is 2.03. The smallest absolute Gasteiger partial charge is 0.306 e. The van der Waals surface area contributed by atoms with Gasteiger partial charge >= 0.3 is 5.97 Å². The molecule has 0 saturated heterocycles. The van der Waals surface area contributed by atoms with Crippen LogP contribution in [0.15, 0.2) is 60.7 Å². The number of aliphatic hydroxyl groups excluding tert-OH is 1. The van der Waals surface area contributed by atoms with Crippen molar-refractivity contribution in [3.05, 3.63) is 60.7 Å². The molecule has 1 fully saturated rings. The maximum absolute atomic E-state index is 11.7. The van der Waals surface area contributed by atoms with Crippen LogP contribution >= 0.6 is 0 Å². The molecular formula is C23H30O4Si. The number of carboxylic acids is 1. The molecule has 28 heavy (non-hydrogen) atoms. The van der Waals surface area contributed by atoms with Crippen LogP contribution in [0.5, 0.6) is 0 Å². The van der Waals surface area contributed by atoms with E-state index in [2.05, 4.69) is 45.0 Å². The van der Waals surface area contributed by atoms with Gasteiger partial charge in [-0.05, 0) is 34.2 Å². The van der Waals surface area contributed by atoms with Gasteiger partial charge in [-0.25, -0.2) is 0 Å². The second-order valence-electron chi connectivity index (χ2n) is 8.80. The zero-order chi connectivity index (χ0) is 20.4. The highest BCUT2D eigenvalue weighted by Crippen LogP contribution is 2.39. The lowest BCUT2D eigenvalue weighted by molar-refractivity contribution is -0.143. The van der Waals surface area contributed by atoms with Crippen molar-refractivity contribution < 1.29 is 19.4 Å². The molecule has 4 nitrogen and oxygen atoms in total.